The first kappa shape index (κ1) is 38.3. The van der Waals surface area contributed by atoms with Crippen LogP contribution in [-0.4, -0.2) is 28.2 Å². The molecule has 0 saturated heterocycles. The van der Waals surface area contributed by atoms with Crippen LogP contribution in [0.2, 0.25) is 17.3 Å². The van der Waals surface area contributed by atoms with E-state index in [0.29, 0.717) is 5.71 Å². The number of aryl methyl sites for hydroxylation is 5. The van der Waals surface area contributed by atoms with E-state index < -0.39 is 13.3 Å². The fourth-order valence-corrected chi connectivity index (χ4v) is 8.70. The first-order valence-corrected chi connectivity index (χ1v) is 24.7. The molecule has 3 aromatic carbocycles. The molecule has 263 valence electrons. The van der Waals surface area contributed by atoms with Gasteiger partial charge in [-0.05, 0) is 66.8 Å². The summed E-state index contributed by atoms with van der Waals surface area (Å²) in [5.74, 6) is 7.17. The number of hydrogen-bond donors (Lipinski definition) is 0. The molecule has 0 spiro atoms. The zero-order chi connectivity index (χ0) is 36.0. The standard InChI is InChI=1S/C29H27N2O.C16H20GeN.Ir/c1-17-13-18(2)27(19(3)14-17)24-9-8-22-23-15-20(7-10-26(23)32-28(22)31-24)25-16-21(11-12-30-25)29(4,5)6;1-12-6-8-15(13(2)10-12)16-9-7-14(11-18-16)17(3,4)5;/h8-16H,1-6H3;6-7,9-11H,1-5H3;/q2*-1;. The third-order valence-electron chi connectivity index (χ3n) is 9.27. The Morgan fingerprint density at radius 3 is 1.98 bits per heavy atom. The molecule has 0 aliphatic carbocycles. The van der Waals surface area contributed by atoms with Crippen LogP contribution in [0.5, 0.6) is 0 Å². The van der Waals surface area contributed by atoms with Gasteiger partial charge >= 0.3 is 113 Å². The van der Waals surface area contributed by atoms with E-state index in [9.17, 15) is 0 Å². The van der Waals surface area contributed by atoms with Gasteiger partial charge in [0.25, 0.3) is 0 Å². The summed E-state index contributed by atoms with van der Waals surface area (Å²) < 4.78 is 7.57. The number of rotatable bonds is 4. The molecule has 0 N–H and O–H groups in total. The number of furan rings is 1. The Bertz CT molecular complexity index is 2320. The third kappa shape index (κ3) is 8.44. The fourth-order valence-electron chi connectivity index (χ4n) is 6.53. The topological polar surface area (TPSA) is 51.8 Å². The summed E-state index contributed by atoms with van der Waals surface area (Å²) in [6.45, 7) is 17.3. The van der Waals surface area contributed by atoms with Crippen LogP contribution in [0.3, 0.4) is 0 Å². The number of nitrogens with zero attached hydrogens (tertiary/aromatic N) is 3. The van der Waals surface area contributed by atoms with Crippen molar-refractivity contribution in [2.45, 2.75) is 78.1 Å². The van der Waals surface area contributed by atoms with E-state index >= 15 is 0 Å². The second kappa shape index (κ2) is 15.0. The molecule has 0 saturated carbocycles. The van der Waals surface area contributed by atoms with Gasteiger partial charge in [-0.3, -0.25) is 0 Å². The maximum absolute atomic E-state index is 6.12. The second-order valence-electron chi connectivity index (χ2n) is 15.6. The molecular formula is C45H47GeIrN3O-2. The number of fused-ring (bicyclic) bond motifs is 3. The number of benzene rings is 3. The molecule has 0 atom stereocenters. The zero-order valence-electron chi connectivity index (χ0n) is 31.7. The molecule has 51 heavy (non-hydrogen) atoms. The normalized spacial score (nSPS) is 11.7. The second-order valence-corrected chi connectivity index (χ2v) is 26.3. The van der Waals surface area contributed by atoms with Crippen LogP contribution in [0.15, 0.2) is 89.6 Å². The summed E-state index contributed by atoms with van der Waals surface area (Å²) in [6.07, 6.45) is 3.93. The van der Waals surface area contributed by atoms with Crippen molar-refractivity contribution in [3.05, 3.63) is 131 Å². The van der Waals surface area contributed by atoms with Crippen molar-refractivity contribution >= 4 is 39.7 Å². The number of hydrogen-bond acceptors (Lipinski definition) is 4. The third-order valence-corrected chi connectivity index (χ3v) is 13.5. The molecular weight excluding hydrogens is 863 g/mol. The maximum Gasteiger partial charge on any atom is 0.216 e. The van der Waals surface area contributed by atoms with Crippen LogP contribution in [0.25, 0.3) is 55.8 Å². The molecule has 0 amide bonds. The van der Waals surface area contributed by atoms with Crippen molar-refractivity contribution in [2.75, 3.05) is 0 Å². The van der Waals surface area contributed by atoms with E-state index in [1.807, 2.05) is 18.3 Å². The van der Waals surface area contributed by atoms with Gasteiger partial charge in [0.2, 0.25) is 5.71 Å². The van der Waals surface area contributed by atoms with E-state index in [1.165, 1.54) is 43.3 Å². The van der Waals surface area contributed by atoms with Gasteiger partial charge in [0, 0.05) is 37.3 Å². The van der Waals surface area contributed by atoms with Crippen LogP contribution in [0.4, 0.5) is 0 Å². The van der Waals surface area contributed by atoms with Gasteiger partial charge in [0.15, 0.2) is 0 Å². The van der Waals surface area contributed by atoms with E-state index in [0.717, 1.165) is 44.6 Å². The SMILES string of the molecule is Cc1c[c-]c(-c2cc[c]([Ge]([CH3])([CH3])[CH3])cn2)c(C)c1.Cc1cc(C)c(-c2ccc3c(n2)oc2c[c-]c(-c4cc(C(C)(C)C)ccn4)cc23)c(C)c1.[Ir]. The van der Waals surface area contributed by atoms with E-state index in [-0.39, 0.29) is 25.5 Å². The van der Waals surface area contributed by atoms with Crippen LogP contribution in [0.1, 0.15) is 54.2 Å². The summed E-state index contributed by atoms with van der Waals surface area (Å²) >= 11 is -1.74. The zero-order valence-corrected chi connectivity index (χ0v) is 36.2. The van der Waals surface area contributed by atoms with Crippen molar-refractivity contribution in [1.29, 1.82) is 0 Å². The predicted molar refractivity (Wildman–Crippen MR) is 213 cm³/mol. The summed E-state index contributed by atoms with van der Waals surface area (Å²) in [4.78, 5) is 14.1. The molecule has 1 radical (unpaired) electrons. The Morgan fingerprint density at radius 1 is 0.667 bits per heavy atom. The molecule has 4 heterocycles. The summed E-state index contributed by atoms with van der Waals surface area (Å²) in [6, 6.07) is 32.1. The van der Waals surface area contributed by atoms with Crippen LogP contribution in [-0.2, 0) is 25.5 Å². The van der Waals surface area contributed by atoms with Gasteiger partial charge in [0.05, 0.1) is 11.3 Å². The largest absolute Gasteiger partial charge is 0.486 e. The van der Waals surface area contributed by atoms with Gasteiger partial charge in [-0.1, -0.05) is 49.9 Å². The molecule has 7 aromatic rings. The number of aromatic nitrogens is 3. The van der Waals surface area contributed by atoms with Crippen molar-refractivity contribution in [3.8, 4) is 33.8 Å². The average molecular weight is 911 g/mol. The minimum Gasteiger partial charge on any atom is -0.486 e. The van der Waals surface area contributed by atoms with Crippen LogP contribution >= 0.6 is 0 Å². The van der Waals surface area contributed by atoms with Crippen molar-refractivity contribution < 1.29 is 24.5 Å². The predicted octanol–water partition coefficient (Wildman–Crippen LogP) is 11.4. The van der Waals surface area contributed by atoms with Crippen molar-refractivity contribution in [2.24, 2.45) is 0 Å². The average Bonchev–Trinajstić information content (AvgIpc) is 3.41. The quantitative estimate of drug-likeness (QED) is 0.130. The van der Waals surface area contributed by atoms with Gasteiger partial charge < -0.3 is 9.40 Å². The molecule has 4 aromatic heterocycles. The minimum absolute atomic E-state index is 0. The molecule has 0 fully saturated rings. The van der Waals surface area contributed by atoms with E-state index in [4.69, 9.17) is 9.40 Å². The summed E-state index contributed by atoms with van der Waals surface area (Å²) in [5.41, 5.74) is 15.1. The number of pyridine rings is 3. The molecule has 6 heteroatoms. The van der Waals surface area contributed by atoms with Gasteiger partial charge in [-0.25, -0.2) is 4.98 Å². The van der Waals surface area contributed by atoms with Crippen LogP contribution in [0, 0.1) is 46.8 Å². The molecule has 0 aliphatic heterocycles. The van der Waals surface area contributed by atoms with E-state index in [2.05, 4.69) is 162 Å². The van der Waals surface area contributed by atoms with Gasteiger partial charge in [-0.2, -0.15) is 0 Å². The molecule has 7 rings (SSSR count). The molecule has 4 nitrogen and oxygen atoms in total. The fraction of sp³-hybridized carbons (Fsp3) is 0.267. The van der Waals surface area contributed by atoms with Crippen LogP contribution < -0.4 is 4.40 Å². The summed E-state index contributed by atoms with van der Waals surface area (Å²) in [7, 11) is 0. The Hall–Kier alpha value is -3.90. The molecule has 0 aliphatic rings. The monoisotopic (exact) mass is 912 g/mol. The first-order chi connectivity index (χ1) is 23.6. The molecule has 0 unspecified atom stereocenters. The van der Waals surface area contributed by atoms with Gasteiger partial charge in [0.1, 0.15) is 0 Å². The smallest absolute Gasteiger partial charge is 0.216 e. The minimum atomic E-state index is -1.74. The maximum atomic E-state index is 6.12. The Kier molecular flexibility index (Phi) is 11.3. The van der Waals surface area contributed by atoms with Crippen molar-refractivity contribution in [3.63, 3.8) is 0 Å². The van der Waals surface area contributed by atoms with Crippen molar-refractivity contribution in [1.82, 2.24) is 15.0 Å². The molecule has 0 bridgehead atoms. The van der Waals surface area contributed by atoms with E-state index in [1.54, 1.807) is 0 Å². The summed E-state index contributed by atoms with van der Waals surface area (Å²) in [5, 5.41) is 2.04. The Morgan fingerprint density at radius 2 is 1.35 bits per heavy atom. The Labute approximate surface area is 319 Å². The Balaban J connectivity index is 0.000000226. The van der Waals surface area contributed by atoms with Gasteiger partial charge in [-0.15, -0.1) is 23.8 Å². The first-order valence-electron chi connectivity index (χ1n) is 17.3.